The Bertz CT molecular complexity index is 3350. The van der Waals surface area contributed by atoms with Crippen LogP contribution in [-0.2, 0) is 12.0 Å². The lowest BCUT2D eigenvalue weighted by Crippen LogP contribution is -2.33. The minimum atomic E-state index is -0.659. The molecule has 0 saturated heterocycles. The molecule has 1 nitrogen and oxygen atoms in total. The molecule has 0 bridgehead atoms. The van der Waals surface area contributed by atoms with Gasteiger partial charge in [-0.25, -0.2) is 0 Å². The first kappa shape index (κ1) is 40.2. The largest absolute Gasteiger partial charge is 0.273 e. The summed E-state index contributed by atoms with van der Waals surface area (Å²) in [5.74, 6) is 0.0432. The molecule has 0 spiro atoms. The molecular weight excluding hydrogens is 783 g/mol. The molecule has 312 valence electrons. The van der Waals surface area contributed by atoms with E-state index >= 15 is 0 Å². The molecule has 0 N–H and O–H groups in total. The number of benzene rings is 9. The van der Waals surface area contributed by atoms with Crippen LogP contribution in [0.25, 0.3) is 49.4 Å². The first-order valence-corrected chi connectivity index (χ1v) is 22.9. The molecule has 0 aromatic heterocycles. The van der Waals surface area contributed by atoms with Crippen LogP contribution < -0.4 is 0 Å². The lowest BCUT2D eigenvalue weighted by molar-refractivity contribution is 0.344. The summed E-state index contributed by atoms with van der Waals surface area (Å²) < 4.78 is 0. The van der Waals surface area contributed by atoms with Crippen molar-refractivity contribution < 1.29 is 0 Å². The quantitative estimate of drug-likeness (QED) is 0.129. The highest BCUT2D eigenvalue weighted by atomic mass is 14.9. The van der Waals surface area contributed by atoms with Crippen LogP contribution in [-0.4, -0.2) is 5.71 Å². The number of aryl methyl sites for hydroxylation is 1. The Hall–Kier alpha value is -7.61. The summed E-state index contributed by atoms with van der Waals surface area (Å²) in [6.07, 6.45) is 7.48. The van der Waals surface area contributed by atoms with Gasteiger partial charge in [0.15, 0.2) is 0 Å². The second kappa shape index (κ2) is 16.5. The van der Waals surface area contributed by atoms with Gasteiger partial charge >= 0.3 is 0 Å². The van der Waals surface area contributed by atoms with Gasteiger partial charge in [-0.05, 0) is 138 Å². The summed E-state index contributed by atoms with van der Waals surface area (Å²) in [5.41, 5.74) is 17.7. The van der Waals surface area contributed by atoms with Crippen LogP contribution in [0, 0.1) is 12.8 Å². The SMILES string of the molecule is C=CC1C(c2ccccc2)C=CC(c2ccccc2)=NC1(C)c1cccc2c(C3c4ccccc4-c4cc(-c5c(C)ccc6ccccc56)c(C(=C)Cc5ccccc5)cc43)cccc12. The topological polar surface area (TPSA) is 12.4 Å². The van der Waals surface area contributed by atoms with Gasteiger partial charge < -0.3 is 0 Å². The maximum absolute atomic E-state index is 5.81. The molecule has 0 saturated carbocycles. The number of nitrogens with zero attached hydrogens (tertiary/aromatic N) is 1. The minimum absolute atomic E-state index is 0.00495. The van der Waals surface area contributed by atoms with E-state index in [2.05, 4.69) is 239 Å². The van der Waals surface area contributed by atoms with Crippen LogP contribution in [0.3, 0.4) is 0 Å². The third-order valence-corrected chi connectivity index (χ3v) is 14.3. The summed E-state index contributed by atoms with van der Waals surface area (Å²) in [6.45, 7) is 14.0. The Morgan fingerprint density at radius 1 is 0.600 bits per heavy atom. The van der Waals surface area contributed by atoms with Crippen molar-refractivity contribution in [3.8, 4) is 22.3 Å². The first-order chi connectivity index (χ1) is 31.9. The summed E-state index contributed by atoms with van der Waals surface area (Å²) >= 11 is 0. The van der Waals surface area contributed by atoms with Gasteiger partial charge in [0.05, 0.1) is 11.3 Å². The molecule has 0 radical (unpaired) electrons. The highest BCUT2D eigenvalue weighted by molar-refractivity contribution is 6.09. The van der Waals surface area contributed by atoms with E-state index in [0.717, 1.165) is 23.3 Å². The predicted molar refractivity (Wildman–Crippen MR) is 276 cm³/mol. The Morgan fingerprint density at radius 2 is 1.26 bits per heavy atom. The van der Waals surface area contributed by atoms with Crippen molar-refractivity contribution in [2.24, 2.45) is 10.9 Å². The highest BCUT2D eigenvalue weighted by Crippen LogP contribution is 2.54. The van der Waals surface area contributed by atoms with E-state index in [1.165, 1.54) is 88.3 Å². The first-order valence-electron chi connectivity index (χ1n) is 22.9. The van der Waals surface area contributed by atoms with Gasteiger partial charge in [0.1, 0.15) is 0 Å². The van der Waals surface area contributed by atoms with Gasteiger partial charge in [-0.15, -0.1) is 6.58 Å². The number of hydrogen-bond acceptors (Lipinski definition) is 1. The Labute approximate surface area is 383 Å². The van der Waals surface area contributed by atoms with E-state index < -0.39 is 5.54 Å². The highest BCUT2D eigenvalue weighted by Gasteiger charge is 2.42. The summed E-state index contributed by atoms with van der Waals surface area (Å²) in [5, 5.41) is 4.96. The number of aliphatic imine (C=N–C) groups is 1. The zero-order valence-electron chi connectivity index (χ0n) is 37.1. The van der Waals surface area contributed by atoms with Crippen LogP contribution in [0.15, 0.2) is 237 Å². The predicted octanol–water partition coefficient (Wildman–Crippen LogP) is 16.2. The van der Waals surface area contributed by atoms with E-state index in [4.69, 9.17) is 11.6 Å². The molecule has 65 heavy (non-hydrogen) atoms. The molecule has 1 heterocycles. The fourth-order valence-corrected chi connectivity index (χ4v) is 11.2. The van der Waals surface area contributed by atoms with Crippen molar-refractivity contribution in [3.63, 3.8) is 0 Å². The number of allylic oxidation sites excluding steroid dienone is 3. The number of fused-ring (bicyclic) bond motifs is 5. The maximum atomic E-state index is 5.81. The van der Waals surface area contributed by atoms with Gasteiger partial charge in [0.25, 0.3) is 0 Å². The van der Waals surface area contributed by atoms with Crippen LogP contribution >= 0.6 is 0 Å². The van der Waals surface area contributed by atoms with Crippen LogP contribution in [0.4, 0.5) is 0 Å². The molecule has 1 aliphatic heterocycles. The fraction of sp³-hybridized carbons (Fsp3) is 0.109. The average Bonchev–Trinajstić information content (AvgIpc) is 3.58. The average molecular weight is 834 g/mol. The van der Waals surface area contributed by atoms with Crippen molar-refractivity contribution in [1.82, 2.24) is 0 Å². The summed E-state index contributed by atoms with van der Waals surface area (Å²) in [4.78, 5) is 5.81. The minimum Gasteiger partial charge on any atom is -0.273 e. The molecular formula is C64H51N. The van der Waals surface area contributed by atoms with Gasteiger partial charge in [0, 0.05) is 17.8 Å². The molecule has 11 rings (SSSR count). The molecule has 0 amide bonds. The van der Waals surface area contributed by atoms with Crippen LogP contribution in [0.2, 0.25) is 0 Å². The molecule has 1 heteroatoms. The standard InChI is InChI=1S/C64H51N/c1-5-59-48(45-23-11-7-12-24-45)37-38-61(47-26-13-8-14-27-47)65-64(59,4)60-34-20-31-50-52(60)32-19-33-54(50)63-53-30-18-17-29-51(53)56-41-57(62-42(2)35-36-46-25-15-16-28-49(46)62)55(40-58(56)63)43(3)39-44-21-9-6-10-22-44/h5-38,40-41,48,59,63H,1,3,39H2,2,4H3. The Morgan fingerprint density at radius 3 is 2.06 bits per heavy atom. The van der Waals surface area contributed by atoms with E-state index in [-0.39, 0.29) is 17.8 Å². The number of hydrogen-bond donors (Lipinski definition) is 0. The van der Waals surface area contributed by atoms with E-state index in [0.29, 0.717) is 0 Å². The van der Waals surface area contributed by atoms with E-state index in [1.54, 1.807) is 0 Å². The normalized spacial score (nSPS) is 18.7. The monoisotopic (exact) mass is 833 g/mol. The molecule has 1 aliphatic carbocycles. The molecule has 2 aliphatic rings. The van der Waals surface area contributed by atoms with Crippen molar-refractivity contribution in [3.05, 3.63) is 282 Å². The van der Waals surface area contributed by atoms with Crippen molar-refractivity contribution in [2.75, 3.05) is 0 Å². The second-order valence-electron chi connectivity index (χ2n) is 18.1. The van der Waals surface area contributed by atoms with E-state index in [1.807, 2.05) is 0 Å². The molecule has 4 atom stereocenters. The summed E-state index contributed by atoms with van der Waals surface area (Å²) in [6, 6.07) is 73.4. The molecule has 0 fully saturated rings. The smallest absolute Gasteiger partial charge is 0.0912 e. The van der Waals surface area contributed by atoms with Gasteiger partial charge in [-0.2, -0.15) is 0 Å². The van der Waals surface area contributed by atoms with Gasteiger partial charge in [-0.3, -0.25) is 4.99 Å². The van der Waals surface area contributed by atoms with E-state index in [9.17, 15) is 0 Å². The Kier molecular flexibility index (Phi) is 10.2. The van der Waals surface area contributed by atoms with Gasteiger partial charge in [0.2, 0.25) is 0 Å². The third-order valence-electron chi connectivity index (χ3n) is 14.3. The van der Waals surface area contributed by atoms with Crippen LogP contribution in [0.1, 0.15) is 68.8 Å². The van der Waals surface area contributed by atoms with Crippen molar-refractivity contribution in [1.29, 1.82) is 0 Å². The lowest BCUT2D eigenvalue weighted by Gasteiger charge is -2.37. The third kappa shape index (κ3) is 6.91. The van der Waals surface area contributed by atoms with Crippen molar-refractivity contribution in [2.45, 2.75) is 37.6 Å². The van der Waals surface area contributed by atoms with Crippen molar-refractivity contribution >= 4 is 32.8 Å². The molecule has 4 unspecified atom stereocenters. The van der Waals surface area contributed by atoms with Crippen LogP contribution in [0.5, 0.6) is 0 Å². The Balaban J connectivity index is 1.13. The zero-order chi connectivity index (χ0) is 44.1. The van der Waals surface area contributed by atoms with Gasteiger partial charge in [-0.1, -0.05) is 207 Å². The fourth-order valence-electron chi connectivity index (χ4n) is 11.2. The lowest BCUT2D eigenvalue weighted by atomic mass is 9.70. The zero-order valence-corrected chi connectivity index (χ0v) is 37.1. The second-order valence-corrected chi connectivity index (χ2v) is 18.1. The summed E-state index contributed by atoms with van der Waals surface area (Å²) in [7, 11) is 0. The molecule has 9 aromatic rings. The maximum Gasteiger partial charge on any atom is 0.0912 e. The number of rotatable bonds is 9. The molecule has 9 aromatic carbocycles.